The number of nitrogens with two attached hydrogens (primary N) is 1. The molecular weight excluding hydrogens is 398 g/mol. The van der Waals surface area contributed by atoms with Gasteiger partial charge in [-0.25, -0.2) is 9.69 Å². The molecule has 2 fully saturated rings. The molecule has 10 nitrogen and oxygen atoms in total. The summed E-state index contributed by atoms with van der Waals surface area (Å²) in [6.45, 7) is 2.29. The number of carbonyl (C=O) groups is 3. The lowest BCUT2D eigenvalue weighted by Gasteiger charge is -2.42. The van der Waals surface area contributed by atoms with E-state index in [0.29, 0.717) is 11.6 Å². The molecule has 29 heavy (non-hydrogen) atoms. The van der Waals surface area contributed by atoms with Crippen molar-refractivity contribution in [2.75, 3.05) is 20.1 Å². The molecule has 0 bridgehead atoms. The summed E-state index contributed by atoms with van der Waals surface area (Å²) in [5, 5.41) is 9.70. The van der Waals surface area contributed by atoms with Crippen LogP contribution in [0.15, 0.2) is 29.4 Å². The molecule has 3 unspecified atom stereocenters. The molecule has 0 aliphatic carbocycles. The van der Waals surface area contributed by atoms with Crippen LogP contribution in [0, 0.1) is 0 Å². The zero-order valence-corrected chi connectivity index (χ0v) is 16.8. The van der Waals surface area contributed by atoms with Gasteiger partial charge in [-0.05, 0) is 24.6 Å². The number of carbonyl (C=O) groups excluding carboxylic acids is 3. The summed E-state index contributed by atoms with van der Waals surface area (Å²) in [6, 6.07) is 6.06. The predicted molar refractivity (Wildman–Crippen MR) is 105 cm³/mol. The summed E-state index contributed by atoms with van der Waals surface area (Å²) >= 11 is 6.04. The maximum atomic E-state index is 13.4. The number of likely N-dealkylation sites (N-methyl/N-ethyl adjacent to an activating group) is 1. The van der Waals surface area contributed by atoms with Crippen LogP contribution in [-0.4, -0.2) is 81.9 Å². The summed E-state index contributed by atoms with van der Waals surface area (Å²) in [4.78, 5) is 42.4. The van der Waals surface area contributed by atoms with Crippen LogP contribution in [0.25, 0.3) is 0 Å². The number of urea groups is 1. The first-order chi connectivity index (χ1) is 13.8. The van der Waals surface area contributed by atoms with Crippen molar-refractivity contribution in [3.8, 4) is 0 Å². The Bertz CT molecular complexity index is 907. The van der Waals surface area contributed by atoms with Crippen molar-refractivity contribution >= 4 is 35.2 Å². The highest BCUT2D eigenvalue weighted by Gasteiger charge is 2.56. The fraction of sp³-hybridized carbons (Fsp3) is 0.444. The minimum Gasteiger partial charge on any atom is -0.368 e. The SMILES string of the molecule is CC1=NN(CC(N)=O)C2NC3C(C(=O)N(Cc4cccc(Cl)c4)C(=O)N3C)N2C1. The number of hydrazone groups is 1. The standard InChI is InChI=1S/C18H22ClN7O3/c1-10-7-24-14-15(21-17(24)26(22-10)9-13(20)27)23(2)18(29)25(16(14)28)8-11-4-3-5-12(19)6-11/h3-6,14-15,17,21H,7-9H2,1-2H3,(H2,20,27). The van der Waals surface area contributed by atoms with Gasteiger partial charge in [-0.3, -0.25) is 24.8 Å². The lowest BCUT2D eigenvalue weighted by Crippen LogP contribution is -2.66. The molecule has 11 heteroatoms. The maximum Gasteiger partial charge on any atom is 0.328 e. The summed E-state index contributed by atoms with van der Waals surface area (Å²) in [7, 11) is 1.65. The van der Waals surface area contributed by atoms with Gasteiger partial charge >= 0.3 is 6.03 Å². The minimum absolute atomic E-state index is 0.0942. The van der Waals surface area contributed by atoms with Crippen molar-refractivity contribution in [1.29, 1.82) is 0 Å². The van der Waals surface area contributed by atoms with Gasteiger partial charge in [0.1, 0.15) is 18.8 Å². The topological polar surface area (TPSA) is 115 Å². The Balaban J connectivity index is 1.63. The Kier molecular flexibility index (Phi) is 4.93. The summed E-state index contributed by atoms with van der Waals surface area (Å²) < 4.78 is 0. The zero-order valence-electron chi connectivity index (χ0n) is 16.1. The molecule has 4 rings (SSSR count). The molecule has 154 valence electrons. The van der Waals surface area contributed by atoms with E-state index in [1.165, 1.54) is 14.8 Å². The predicted octanol–water partition coefficient (Wildman–Crippen LogP) is -0.206. The van der Waals surface area contributed by atoms with Crippen molar-refractivity contribution < 1.29 is 14.4 Å². The lowest BCUT2D eigenvalue weighted by molar-refractivity contribution is -0.139. The molecule has 4 amide bonds. The molecule has 0 spiro atoms. The van der Waals surface area contributed by atoms with Crippen molar-refractivity contribution in [3.05, 3.63) is 34.9 Å². The number of amides is 4. The van der Waals surface area contributed by atoms with E-state index >= 15 is 0 Å². The number of primary amides is 1. The number of imide groups is 1. The van der Waals surface area contributed by atoms with Crippen LogP contribution in [0.4, 0.5) is 4.79 Å². The van der Waals surface area contributed by atoms with Gasteiger partial charge in [-0.15, -0.1) is 0 Å². The normalized spacial score (nSPS) is 27.1. The van der Waals surface area contributed by atoms with Gasteiger partial charge in [0.25, 0.3) is 5.91 Å². The number of hydrogen-bond donors (Lipinski definition) is 2. The molecule has 2 saturated heterocycles. The number of nitrogens with zero attached hydrogens (tertiary/aromatic N) is 5. The first kappa shape index (κ1) is 19.6. The molecule has 3 aliphatic rings. The number of rotatable bonds is 4. The maximum absolute atomic E-state index is 13.4. The van der Waals surface area contributed by atoms with Crippen LogP contribution in [0.3, 0.4) is 0 Å². The van der Waals surface area contributed by atoms with Crippen molar-refractivity contribution in [1.82, 2.24) is 25.0 Å². The highest BCUT2D eigenvalue weighted by Crippen LogP contribution is 2.30. The fourth-order valence-corrected chi connectivity index (χ4v) is 4.31. The molecule has 1 aromatic carbocycles. The van der Waals surface area contributed by atoms with Gasteiger partial charge in [-0.2, -0.15) is 5.10 Å². The highest BCUT2D eigenvalue weighted by atomic mass is 35.5. The largest absolute Gasteiger partial charge is 0.368 e. The molecule has 3 N–H and O–H groups in total. The average molecular weight is 420 g/mol. The second kappa shape index (κ2) is 7.29. The number of benzene rings is 1. The molecule has 0 saturated carbocycles. The second-order valence-electron chi connectivity index (χ2n) is 7.45. The van der Waals surface area contributed by atoms with Gasteiger partial charge in [0.2, 0.25) is 5.91 Å². The first-order valence-corrected chi connectivity index (χ1v) is 9.57. The molecule has 0 aromatic heterocycles. The third-order valence-corrected chi connectivity index (χ3v) is 5.53. The molecule has 3 heterocycles. The quantitative estimate of drug-likeness (QED) is 0.698. The van der Waals surface area contributed by atoms with Crippen LogP contribution in [0.2, 0.25) is 5.02 Å². The van der Waals surface area contributed by atoms with Gasteiger partial charge in [0, 0.05) is 24.3 Å². The number of fused-ring (bicyclic) bond motifs is 3. The van der Waals surface area contributed by atoms with Crippen molar-refractivity contribution in [2.24, 2.45) is 10.8 Å². The van der Waals surface area contributed by atoms with Crippen LogP contribution in [-0.2, 0) is 16.1 Å². The molecule has 0 radical (unpaired) electrons. The van der Waals surface area contributed by atoms with E-state index in [9.17, 15) is 14.4 Å². The van der Waals surface area contributed by atoms with Gasteiger partial charge in [0.15, 0.2) is 6.29 Å². The van der Waals surface area contributed by atoms with Crippen molar-refractivity contribution in [2.45, 2.75) is 32.0 Å². The Hall–Kier alpha value is -2.69. The highest BCUT2D eigenvalue weighted by molar-refractivity contribution is 6.30. The van der Waals surface area contributed by atoms with Crippen LogP contribution >= 0.6 is 11.6 Å². The molecule has 3 aliphatic heterocycles. The zero-order chi connectivity index (χ0) is 20.9. The van der Waals surface area contributed by atoms with E-state index in [0.717, 1.165) is 11.3 Å². The van der Waals surface area contributed by atoms with E-state index in [-0.39, 0.29) is 19.0 Å². The molecule has 1 aromatic rings. The Labute approximate surface area is 172 Å². The van der Waals surface area contributed by atoms with Gasteiger partial charge in [-0.1, -0.05) is 23.7 Å². The van der Waals surface area contributed by atoms with Crippen LogP contribution in [0.5, 0.6) is 0 Å². The van der Waals surface area contributed by atoms with E-state index in [1.807, 2.05) is 17.9 Å². The monoisotopic (exact) mass is 419 g/mol. The van der Waals surface area contributed by atoms with E-state index < -0.39 is 30.4 Å². The van der Waals surface area contributed by atoms with E-state index in [4.69, 9.17) is 17.3 Å². The summed E-state index contributed by atoms with van der Waals surface area (Å²) in [5.41, 5.74) is 6.86. The first-order valence-electron chi connectivity index (χ1n) is 9.19. The summed E-state index contributed by atoms with van der Waals surface area (Å²) in [6.07, 6.45) is -1.04. The minimum atomic E-state index is -0.609. The lowest BCUT2D eigenvalue weighted by atomic mass is 10.1. The summed E-state index contributed by atoms with van der Waals surface area (Å²) in [5.74, 6) is -0.833. The van der Waals surface area contributed by atoms with Gasteiger partial charge < -0.3 is 10.6 Å². The van der Waals surface area contributed by atoms with E-state index in [1.54, 1.807) is 25.2 Å². The Morgan fingerprint density at radius 3 is 2.83 bits per heavy atom. The Morgan fingerprint density at radius 1 is 1.38 bits per heavy atom. The fourth-order valence-electron chi connectivity index (χ4n) is 4.09. The third kappa shape index (κ3) is 3.43. The third-order valence-electron chi connectivity index (χ3n) is 5.30. The smallest absolute Gasteiger partial charge is 0.328 e. The Morgan fingerprint density at radius 2 is 2.14 bits per heavy atom. The second-order valence-corrected chi connectivity index (χ2v) is 7.89. The van der Waals surface area contributed by atoms with Crippen LogP contribution in [0.1, 0.15) is 12.5 Å². The number of nitrogens with one attached hydrogen (secondary N) is 1. The van der Waals surface area contributed by atoms with Gasteiger partial charge in [0.05, 0.1) is 6.54 Å². The number of hydrogen-bond acceptors (Lipinski definition) is 7. The van der Waals surface area contributed by atoms with Crippen molar-refractivity contribution in [3.63, 3.8) is 0 Å². The molecule has 3 atom stereocenters. The number of halogens is 1. The molecular formula is C18H22ClN7O3. The average Bonchev–Trinajstić information content (AvgIpc) is 3.03. The van der Waals surface area contributed by atoms with E-state index in [2.05, 4.69) is 10.4 Å². The van der Waals surface area contributed by atoms with Crippen LogP contribution < -0.4 is 11.1 Å².